The second-order valence-corrected chi connectivity index (χ2v) is 5.76. The predicted octanol–water partition coefficient (Wildman–Crippen LogP) is -0.0128. The van der Waals surface area contributed by atoms with Crippen molar-refractivity contribution in [3.63, 3.8) is 0 Å². The van der Waals surface area contributed by atoms with Crippen LogP contribution in [0.25, 0.3) is 0 Å². The molecule has 1 saturated heterocycles. The Balaban J connectivity index is 1.62. The quantitative estimate of drug-likeness (QED) is 0.841. The lowest BCUT2D eigenvalue weighted by atomic mass is 10.1. The molecule has 110 valence electrons. The summed E-state index contributed by atoms with van der Waals surface area (Å²) in [5.41, 5.74) is 0.935. The normalized spacial score (nSPS) is 22.0. The van der Waals surface area contributed by atoms with Crippen molar-refractivity contribution >= 4 is 5.91 Å². The van der Waals surface area contributed by atoms with Crippen LogP contribution >= 0.6 is 0 Å². The van der Waals surface area contributed by atoms with Gasteiger partial charge in [-0.25, -0.2) is 0 Å². The van der Waals surface area contributed by atoms with Gasteiger partial charge < -0.3 is 10.2 Å². The number of carbonyl (C=O) groups excluding carboxylic acids is 1. The molecule has 1 N–H and O–H groups in total. The molecule has 2 heterocycles. The molecule has 2 fully saturated rings. The molecule has 1 aliphatic heterocycles. The molecule has 6 nitrogen and oxygen atoms in total. The van der Waals surface area contributed by atoms with Crippen LogP contribution in [0.1, 0.15) is 24.4 Å². The van der Waals surface area contributed by atoms with Crippen molar-refractivity contribution in [3.05, 3.63) is 18.0 Å². The SMILES string of the molecule is CNC(C(=O)N1CCN(C2CC2)CC1)c1cnn(C)c1. The lowest BCUT2D eigenvalue weighted by molar-refractivity contribution is -0.135. The summed E-state index contributed by atoms with van der Waals surface area (Å²) >= 11 is 0. The maximum atomic E-state index is 12.6. The fourth-order valence-corrected chi connectivity index (χ4v) is 2.95. The van der Waals surface area contributed by atoms with E-state index in [2.05, 4.69) is 15.3 Å². The Labute approximate surface area is 119 Å². The van der Waals surface area contributed by atoms with Crippen LogP contribution in [0, 0.1) is 0 Å². The van der Waals surface area contributed by atoms with Gasteiger partial charge in [0.2, 0.25) is 5.91 Å². The molecule has 0 bridgehead atoms. The highest BCUT2D eigenvalue weighted by Gasteiger charge is 2.34. The van der Waals surface area contributed by atoms with E-state index >= 15 is 0 Å². The number of aromatic nitrogens is 2. The number of likely N-dealkylation sites (N-methyl/N-ethyl adjacent to an activating group) is 1. The molecule has 3 rings (SSSR count). The summed E-state index contributed by atoms with van der Waals surface area (Å²) in [6, 6.07) is 0.516. The third-order valence-electron chi connectivity index (χ3n) is 4.28. The zero-order chi connectivity index (χ0) is 14.1. The zero-order valence-electron chi connectivity index (χ0n) is 12.2. The van der Waals surface area contributed by atoms with E-state index < -0.39 is 0 Å². The van der Waals surface area contributed by atoms with Gasteiger partial charge in [0, 0.05) is 51.0 Å². The van der Waals surface area contributed by atoms with Crippen molar-refractivity contribution in [1.82, 2.24) is 24.9 Å². The van der Waals surface area contributed by atoms with Gasteiger partial charge in [-0.1, -0.05) is 0 Å². The van der Waals surface area contributed by atoms with Crippen LogP contribution in [0.15, 0.2) is 12.4 Å². The minimum Gasteiger partial charge on any atom is -0.338 e. The number of hydrogen-bond donors (Lipinski definition) is 1. The van der Waals surface area contributed by atoms with Crippen LogP contribution in [0.3, 0.4) is 0 Å². The van der Waals surface area contributed by atoms with E-state index in [0.717, 1.165) is 37.8 Å². The molecule has 0 aromatic carbocycles. The van der Waals surface area contributed by atoms with Crippen molar-refractivity contribution in [3.8, 4) is 0 Å². The molecular formula is C14H23N5O. The van der Waals surface area contributed by atoms with Crippen molar-refractivity contribution in [1.29, 1.82) is 0 Å². The average molecular weight is 277 g/mol. The van der Waals surface area contributed by atoms with Crippen molar-refractivity contribution in [2.45, 2.75) is 24.9 Å². The molecule has 6 heteroatoms. The lowest BCUT2D eigenvalue weighted by Gasteiger charge is -2.36. The summed E-state index contributed by atoms with van der Waals surface area (Å²) in [6.07, 6.45) is 6.34. The van der Waals surface area contributed by atoms with Gasteiger partial charge in [-0.2, -0.15) is 5.10 Å². The van der Waals surface area contributed by atoms with Crippen LogP contribution in [0.4, 0.5) is 0 Å². The number of piperazine rings is 1. The standard InChI is InChI=1S/C14H23N5O/c1-15-13(11-9-16-17(2)10-11)14(20)19-7-5-18(6-8-19)12-3-4-12/h9-10,12-13,15H,3-8H2,1-2H3. The van der Waals surface area contributed by atoms with E-state index in [-0.39, 0.29) is 11.9 Å². The molecule has 1 atom stereocenters. The van der Waals surface area contributed by atoms with E-state index in [0.29, 0.717) is 0 Å². The van der Waals surface area contributed by atoms with Crippen LogP contribution in [0.5, 0.6) is 0 Å². The maximum Gasteiger partial charge on any atom is 0.244 e. The molecule has 0 spiro atoms. The maximum absolute atomic E-state index is 12.6. The van der Waals surface area contributed by atoms with E-state index in [1.807, 2.05) is 25.2 Å². The molecular weight excluding hydrogens is 254 g/mol. The van der Waals surface area contributed by atoms with Gasteiger partial charge in [0.05, 0.1) is 6.20 Å². The van der Waals surface area contributed by atoms with Crippen LogP contribution in [-0.2, 0) is 11.8 Å². The predicted molar refractivity (Wildman–Crippen MR) is 76.2 cm³/mol. The smallest absolute Gasteiger partial charge is 0.244 e. The van der Waals surface area contributed by atoms with Gasteiger partial charge in [0.1, 0.15) is 6.04 Å². The molecule has 1 aromatic rings. The lowest BCUT2D eigenvalue weighted by Crippen LogP contribution is -2.51. The summed E-state index contributed by atoms with van der Waals surface area (Å²) in [4.78, 5) is 17.1. The minimum atomic E-state index is -0.281. The van der Waals surface area contributed by atoms with Gasteiger partial charge in [-0.05, 0) is 19.9 Å². The molecule has 1 aromatic heterocycles. The topological polar surface area (TPSA) is 53.4 Å². The Morgan fingerprint density at radius 2 is 2.05 bits per heavy atom. The summed E-state index contributed by atoms with van der Waals surface area (Å²) in [5.74, 6) is 0.163. The van der Waals surface area contributed by atoms with Crippen molar-refractivity contribution in [2.24, 2.45) is 7.05 Å². The number of aryl methyl sites for hydroxylation is 1. The summed E-state index contributed by atoms with van der Waals surface area (Å²) in [6.45, 7) is 3.71. The Hall–Kier alpha value is -1.40. The molecule has 1 amide bonds. The van der Waals surface area contributed by atoms with E-state index in [1.54, 1.807) is 10.9 Å². The van der Waals surface area contributed by atoms with Gasteiger partial charge in [-0.15, -0.1) is 0 Å². The summed E-state index contributed by atoms with van der Waals surface area (Å²) < 4.78 is 1.73. The highest BCUT2D eigenvalue weighted by atomic mass is 16.2. The van der Waals surface area contributed by atoms with Crippen molar-refractivity contribution in [2.75, 3.05) is 33.2 Å². The highest BCUT2D eigenvalue weighted by molar-refractivity contribution is 5.83. The monoisotopic (exact) mass is 277 g/mol. The Morgan fingerprint density at radius 3 is 2.55 bits per heavy atom. The van der Waals surface area contributed by atoms with Crippen LogP contribution in [-0.4, -0.2) is 64.8 Å². The average Bonchev–Trinajstić information content (AvgIpc) is 3.23. The fourth-order valence-electron chi connectivity index (χ4n) is 2.95. The van der Waals surface area contributed by atoms with E-state index in [1.165, 1.54) is 12.8 Å². The number of nitrogens with zero attached hydrogens (tertiary/aromatic N) is 4. The number of amides is 1. The molecule has 2 aliphatic rings. The molecule has 1 unspecified atom stereocenters. The number of rotatable bonds is 4. The first-order chi connectivity index (χ1) is 9.69. The van der Waals surface area contributed by atoms with Gasteiger partial charge in [0.25, 0.3) is 0 Å². The van der Waals surface area contributed by atoms with Gasteiger partial charge in [-0.3, -0.25) is 14.4 Å². The first-order valence-electron chi connectivity index (χ1n) is 7.37. The van der Waals surface area contributed by atoms with E-state index in [9.17, 15) is 4.79 Å². The minimum absolute atomic E-state index is 0.163. The Bertz CT molecular complexity index is 474. The van der Waals surface area contributed by atoms with Gasteiger partial charge >= 0.3 is 0 Å². The third kappa shape index (κ3) is 2.71. The molecule has 1 aliphatic carbocycles. The Kier molecular flexibility index (Phi) is 3.76. The first-order valence-corrected chi connectivity index (χ1v) is 7.37. The first kappa shape index (κ1) is 13.6. The second kappa shape index (κ2) is 5.54. The van der Waals surface area contributed by atoms with Gasteiger partial charge in [0.15, 0.2) is 0 Å². The molecule has 20 heavy (non-hydrogen) atoms. The Morgan fingerprint density at radius 1 is 1.35 bits per heavy atom. The number of nitrogens with one attached hydrogen (secondary N) is 1. The summed E-state index contributed by atoms with van der Waals surface area (Å²) in [7, 11) is 3.70. The highest BCUT2D eigenvalue weighted by Crippen LogP contribution is 2.27. The molecule has 0 radical (unpaired) electrons. The van der Waals surface area contributed by atoms with Crippen LogP contribution in [0.2, 0.25) is 0 Å². The largest absolute Gasteiger partial charge is 0.338 e. The second-order valence-electron chi connectivity index (χ2n) is 5.76. The molecule has 1 saturated carbocycles. The zero-order valence-corrected chi connectivity index (χ0v) is 12.2. The van der Waals surface area contributed by atoms with E-state index in [4.69, 9.17) is 0 Å². The number of carbonyl (C=O) groups is 1. The van der Waals surface area contributed by atoms with Crippen molar-refractivity contribution < 1.29 is 4.79 Å². The third-order valence-corrected chi connectivity index (χ3v) is 4.28. The number of hydrogen-bond acceptors (Lipinski definition) is 4. The fraction of sp³-hybridized carbons (Fsp3) is 0.714. The summed E-state index contributed by atoms with van der Waals surface area (Å²) in [5, 5.41) is 7.27. The van der Waals surface area contributed by atoms with Crippen LogP contribution < -0.4 is 5.32 Å².